The van der Waals surface area contributed by atoms with Crippen LogP contribution in [-0.4, -0.2) is 57.4 Å². The molecular formula is C26H38Cl2N4O3S. The van der Waals surface area contributed by atoms with E-state index >= 15 is 0 Å². The van der Waals surface area contributed by atoms with E-state index in [-0.39, 0.29) is 5.91 Å². The van der Waals surface area contributed by atoms with Crippen LogP contribution in [0.3, 0.4) is 0 Å². The van der Waals surface area contributed by atoms with Crippen molar-refractivity contribution in [1.29, 1.82) is 0 Å². The van der Waals surface area contributed by atoms with Gasteiger partial charge in [-0.3, -0.25) is 4.79 Å². The van der Waals surface area contributed by atoms with Gasteiger partial charge in [0.25, 0.3) is 5.91 Å². The fourth-order valence-corrected chi connectivity index (χ4v) is 3.90. The van der Waals surface area contributed by atoms with Crippen molar-refractivity contribution in [3.8, 4) is 11.3 Å². The van der Waals surface area contributed by atoms with Crippen molar-refractivity contribution in [1.82, 2.24) is 20.2 Å². The van der Waals surface area contributed by atoms with Crippen LogP contribution < -0.4 is 5.32 Å². The first kappa shape index (κ1) is 32.0. The summed E-state index contributed by atoms with van der Waals surface area (Å²) < 4.78 is 5.40. The summed E-state index contributed by atoms with van der Waals surface area (Å²) >= 11 is 15.6. The highest BCUT2D eigenvalue weighted by atomic mass is 35.5. The number of likely N-dealkylation sites (tertiary alicyclic amines) is 1. The fourth-order valence-electron chi connectivity index (χ4n) is 3.61. The predicted octanol–water partition coefficient (Wildman–Crippen LogP) is 6.93. The number of hydrogen-bond donors (Lipinski definition) is 2. The molecule has 2 aromatic rings. The van der Waals surface area contributed by atoms with Gasteiger partial charge >= 0.3 is 6.09 Å². The van der Waals surface area contributed by atoms with Crippen molar-refractivity contribution in [2.24, 2.45) is 0 Å². The Labute approximate surface area is 230 Å². The molecule has 0 bridgehead atoms. The molecule has 1 aliphatic rings. The highest BCUT2D eigenvalue weighted by Gasteiger charge is 2.33. The number of ether oxygens (including phenoxy) is 1. The number of amides is 2. The van der Waals surface area contributed by atoms with Gasteiger partial charge in [0.2, 0.25) is 0 Å². The number of carbonyl (C=O) groups excluding carboxylic acids is 2. The van der Waals surface area contributed by atoms with Gasteiger partial charge in [0.05, 0.1) is 15.7 Å². The van der Waals surface area contributed by atoms with Gasteiger partial charge in [-0.05, 0) is 71.4 Å². The maximum Gasteiger partial charge on any atom is 0.408 e. The maximum absolute atomic E-state index is 13.2. The third kappa shape index (κ3) is 9.79. The van der Waals surface area contributed by atoms with Crippen LogP contribution >= 0.6 is 35.8 Å². The van der Waals surface area contributed by atoms with Gasteiger partial charge in [0.15, 0.2) is 0 Å². The lowest BCUT2D eigenvalue weighted by Crippen LogP contribution is -2.48. The second kappa shape index (κ2) is 14.6. The van der Waals surface area contributed by atoms with Crippen molar-refractivity contribution >= 4 is 47.8 Å². The first-order chi connectivity index (χ1) is 17.0. The van der Waals surface area contributed by atoms with Crippen molar-refractivity contribution in [2.45, 2.75) is 71.9 Å². The van der Waals surface area contributed by atoms with Crippen LogP contribution in [0.15, 0.2) is 30.6 Å². The molecule has 1 aromatic heterocycles. The molecule has 0 spiro atoms. The molecule has 200 valence electrons. The van der Waals surface area contributed by atoms with Crippen LogP contribution in [-0.2, 0) is 4.74 Å². The number of alkyl carbamates (subject to hydrolysis) is 1. The van der Waals surface area contributed by atoms with E-state index < -0.39 is 17.2 Å². The third-order valence-corrected chi connectivity index (χ3v) is 6.02. The molecule has 36 heavy (non-hydrogen) atoms. The van der Waals surface area contributed by atoms with E-state index in [2.05, 4.69) is 27.9 Å². The van der Waals surface area contributed by atoms with E-state index in [4.69, 9.17) is 27.9 Å². The Morgan fingerprint density at radius 3 is 2.33 bits per heavy atom. The van der Waals surface area contributed by atoms with Gasteiger partial charge in [-0.1, -0.05) is 43.1 Å². The number of nitrogens with one attached hydrogen (secondary N) is 1. The Kier molecular flexibility index (Phi) is 13.0. The van der Waals surface area contributed by atoms with Crippen LogP contribution in [0.4, 0.5) is 4.79 Å². The van der Waals surface area contributed by atoms with Crippen LogP contribution in [0.2, 0.25) is 10.0 Å². The first-order valence-corrected chi connectivity index (χ1v) is 13.6. The molecule has 0 radical (unpaired) electrons. The molecule has 2 heterocycles. The average molecular weight is 558 g/mol. The molecule has 0 aliphatic carbocycles. The number of rotatable bonds is 3. The molecule has 10 heteroatoms. The highest BCUT2D eigenvalue weighted by molar-refractivity contribution is 7.79. The summed E-state index contributed by atoms with van der Waals surface area (Å²) in [5.41, 5.74) is 0.638. The minimum Gasteiger partial charge on any atom is -0.444 e. The average Bonchev–Trinajstić information content (AvgIpc) is 3.03. The molecular weight excluding hydrogens is 519 g/mol. The SMILES string of the molecule is CC.CC1(NC(=O)OC(C)(C)C)CCCN(C(=O)c2cc(-c3ccc(Cl)c(Cl)c3)ncn2)CC1.CS. The molecule has 1 atom stereocenters. The Morgan fingerprint density at radius 1 is 1.06 bits per heavy atom. The van der Waals surface area contributed by atoms with Gasteiger partial charge < -0.3 is 15.0 Å². The molecule has 1 aliphatic heterocycles. The largest absolute Gasteiger partial charge is 0.444 e. The molecule has 3 rings (SSSR count). The number of carbonyl (C=O) groups is 2. The van der Waals surface area contributed by atoms with Gasteiger partial charge in [0.1, 0.15) is 17.6 Å². The topological polar surface area (TPSA) is 84.4 Å². The van der Waals surface area contributed by atoms with Crippen LogP contribution in [0, 0.1) is 0 Å². The minimum atomic E-state index is -0.563. The molecule has 0 saturated carbocycles. The third-order valence-electron chi connectivity index (χ3n) is 5.28. The molecule has 1 unspecified atom stereocenters. The summed E-state index contributed by atoms with van der Waals surface area (Å²) in [5.74, 6) is -0.171. The normalized spacial score (nSPS) is 17.4. The molecule has 1 aromatic carbocycles. The smallest absolute Gasteiger partial charge is 0.408 e. The van der Waals surface area contributed by atoms with Gasteiger partial charge in [-0.15, -0.1) is 0 Å². The van der Waals surface area contributed by atoms with Crippen molar-refractivity contribution in [3.05, 3.63) is 46.3 Å². The molecule has 7 nitrogen and oxygen atoms in total. The van der Waals surface area contributed by atoms with E-state index in [1.165, 1.54) is 6.33 Å². The molecule has 2 amide bonds. The maximum atomic E-state index is 13.2. The zero-order chi connectivity index (χ0) is 27.5. The van der Waals surface area contributed by atoms with Gasteiger partial charge in [0, 0.05) is 24.2 Å². The number of halogens is 2. The van der Waals surface area contributed by atoms with Crippen molar-refractivity contribution in [3.63, 3.8) is 0 Å². The molecule has 1 N–H and O–H groups in total. The highest BCUT2D eigenvalue weighted by Crippen LogP contribution is 2.28. The van der Waals surface area contributed by atoms with Crippen LogP contribution in [0.5, 0.6) is 0 Å². The zero-order valence-corrected chi connectivity index (χ0v) is 24.6. The second-order valence-corrected chi connectivity index (χ2v) is 10.1. The van der Waals surface area contributed by atoms with Gasteiger partial charge in [-0.2, -0.15) is 12.6 Å². The van der Waals surface area contributed by atoms with E-state index in [0.717, 1.165) is 18.4 Å². The number of hydrogen-bond acceptors (Lipinski definition) is 6. The monoisotopic (exact) mass is 556 g/mol. The zero-order valence-electron chi connectivity index (χ0n) is 22.2. The molecule has 1 saturated heterocycles. The summed E-state index contributed by atoms with van der Waals surface area (Å²) in [7, 11) is 0. The number of nitrogens with zero attached hydrogens (tertiary/aromatic N) is 3. The van der Waals surface area contributed by atoms with Crippen molar-refractivity contribution in [2.75, 3.05) is 19.3 Å². The van der Waals surface area contributed by atoms with Crippen LogP contribution in [0.25, 0.3) is 11.3 Å². The summed E-state index contributed by atoms with van der Waals surface area (Å²) in [6, 6.07) is 6.85. The summed E-state index contributed by atoms with van der Waals surface area (Å²) in [4.78, 5) is 35.6. The quantitative estimate of drug-likeness (QED) is 0.400. The Hall–Kier alpha value is -2.03. The Balaban J connectivity index is 0.00000154. The lowest BCUT2D eigenvalue weighted by Gasteiger charge is -2.31. The first-order valence-electron chi connectivity index (χ1n) is 12.0. The lowest BCUT2D eigenvalue weighted by atomic mass is 9.93. The van der Waals surface area contributed by atoms with E-state index in [1.54, 1.807) is 35.4 Å². The number of benzene rings is 1. The molecule has 1 fully saturated rings. The summed E-state index contributed by atoms with van der Waals surface area (Å²) in [6.07, 6.45) is 4.73. The summed E-state index contributed by atoms with van der Waals surface area (Å²) in [5, 5.41) is 3.85. The lowest BCUT2D eigenvalue weighted by molar-refractivity contribution is 0.0454. The fraction of sp³-hybridized carbons (Fsp3) is 0.538. The van der Waals surface area contributed by atoms with E-state index in [0.29, 0.717) is 40.9 Å². The van der Waals surface area contributed by atoms with Crippen molar-refractivity contribution < 1.29 is 14.3 Å². The second-order valence-electron chi connectivity index (χ2n) is 9.25. The van der Waals surface area contributed by atoms with Gasteiger partial charge in [-0.25, -0.2) is 14.8 Å². The Morgan fingerprint density at radius 2 is 1.72 bits per heavy atom. The predicted molar refractivity (Wildman–Crippen MR) is 151 cm³/mol. The van der Waals surface area contributed by atoms with E-state index in [9.17, 15) is 9.59 Å². The Bertz CT molecular complexity index is 1020. The van der Waals surface area contributed by atoms with E-state index in [1.807, 2.05) is 41.5 Å². The number of thiol groups is 1. The standard InChI is InChI=1S/C23H28Cl2N4O3.C2H6.CH4S/c1-22(2,3)32-21(31)28-23(4)8-5-10-29(11-9-23)20(30)19-13-18(26-14-27-19)15-6-7-16(24)17(25)12-15;2*1-2/h6-7,12-14H,5,8-11H2,1-4H3,(H,28,31);1-2H3;2H,1H3. The number of aromatic nitrogens is 2. The summed E-state index contributed by atoms with van der Waals surface area (Å²) in [6.45, 7) is 12.6. The minimum absolute atomic E-state index is 0.171. The van der Waals surface area contributed by atoms with Crippen LogP contribution in [0.1, 0.15) is 71.3 Å².